The zero-order chi connectivity index (χ0) is 14.5. The molecule has 0 saturated carbocycles. The zero-order valence-corrected chi connectivity index (χ0v) is 12.5. The Balaban J connectivity index is 1.92. The first-order valence-corrected chi connectivity index (χ1v) is 8.11. The molecule has 0 bridgehead atoms. The number of nitrogens with zero attached hydrogens (tertiary/aromatic N) is 1. The Bertz CT molecular complexity index is 899. The summed E-state index contributed by atoms with van der Waals surface area (Å²) in [6.07, 6.45) is 13.6. The maximum Gasteiger partial charge on any atom is 0.0784 e. The van der Waals surface area contributed by atoms with E-state index in [1.54, 1.807) is 0 Å². The predicted octanol–water partition coefficient (Wildman–Crippen LogP) is 5.31. The highest BCUT2D eigenvalue weighted by atomic mass is 14.7. The summed E-state index contributed by atoms with van der Waals surface area (Å²) >= 11 is 0. The minimum Gasteiger partial charge on any atom is -0.247 e. The number of aromatic nitrogens is 1. The topological polar surface area (TPSA) is 12.9 Å². The van der Waals surface area contributed by atoms with Gasteiger partial charge in [0, 0.05) is 21.9 Å². The van der Waals surface area contributed by atoms with Gasteiger partial charge < -0.3 is 0 Å². The van der Waals surface area contributed by atoms with Crippen LogP contribution in [0.4, 0.5) is 0 Å². The number of rotatable bonds is 0. The molecule has 2 aliphatic carbocycles. The first-order chi connectivity index (χ1) is 10.9. The summed E-state index contributed by atoms with van der Waals surface area (Å²) in [6.45, 7) is 0. The van der Waals surface area contributed by atoms with Crippen molar-refractivity contribution in [2.45, 2.75) is 25.7 Å². The molecule has 22 heavy (non-hydrogen) atoms. The first kappa shape index (κ1) is 12.2. The second-order valence-corrected chi connectivity index (χ2v) is 6.29. The van der Waals surface area contributed by atoms with Crippen molar-refractivity contribution in [2.75, 3.05) is 0 Å². The monoisotopic (exact) mass is 283 g/mol. The van der Waals surface area contributed by atoms with Gasteiger partial charge in [-0.25, -0.2) is 4.98 Å². The second-order valence-electron chi connectivity index (χ2n) is 6.29. The van der Waals surface area contributed by atoms with E-state index in [1.165, 1.54) is 33.0 Å². The summed E-state index contributed by atoms with van der Waals surface area (Å²) in [7, 11) is 0. The number of hydrogen-bond acceptors (Lipinski definition) is 1. The van der Waals surface area contributed by atoms with Gasteiger partial charge >= 0.3 is 0 Å². The number of hydrogen-bond donors (Lipinski definition) is 0. The summed E-state index contributed by atoms with van der Waals surface area (Å²) in [4.78, 5) is 5.10. The molecule has 0 unspecified atom stereocenters. The average Bonchev–Trinajstić information content (AvgIpc) is 2.60. The van der Waals surface area contributed by atoms with Crippen molar-refractivity contribution >= 4 is 34.0 Å². The van der Waals surface area contributed by atoms with Crippen LogP contribution in [0.2, 0.25) is 0 Å². The molecule has 1 nitrogen and oxygen atoms in total. The Kier molecular flexibility index (Phi) is 2.51. The van der Waals surface area contributed by atoms with Crippen LogP contribution in [0.25, 0.3) is 34.0 Å². The van der Waals surface area contributed by atoms with E-state index in [4.69, 9.17) is 4.98 Å². The van der Waals surface area contributed by atoms with Crippen molar-refractivity contribution in [3.05, 3.63) is 64.7 Å². The van der Waals surface area contributed by atoms with Gasteiger partial charge in [-0.3, -0.25) is 0 Å². The maximum atomic E-state index is 5.10. The van der Waals surface area contributed by atoms with Crippen molar-refractivity contribution < 1.29 is 0 Å². The van der Waals surface area contributed by atoms with Crippen LogP contribution >= 0.6 is 0 Å². The Labute approximate surface area is 130 Å². The number of pyridine rings is 1. The number of fused-ring (bicyclic) bond motifs is 6. The largest absolute Gasteiger partial charge is 0.247 e. The molecule has 1 heteroatoms. The van der Waals surface area contributed by atoms with Crippen LogP contribution in [0.1, 0.15) is 35.1 Å². The van der Waals surface area contributed by atoms with Crippen molar-refractivity contribution in [1.29, 1.82) is 0 Å². The fourth-order valence-corrected chi connectivity index (χ4v) is 3.78. The van der Waals surface area contributed by atoms with Gasteiger partial charge in [0.1, 0.15) is 0 Å². The third-order valence-corrected chi connectivity index (χ3v) is 4.94. The Hall–Kier alpha value is -2.41. The molecule has 3 aromatic rings. The van der Waals surface area contributed by atoms with Crippen LogP contribution in [0, 0.1) is 0 Å². The number of allylic oxidation sites excluding steroid dienone is 2. The van der Waals surface area contributed by atoms with Gasteiger partial charge in [-0.2, -0.15) is 0 Å². The maximum absolute atomic E-state index is 5.10. The van der Waals surface area contributed by atoms with E-state index in [0.717, 1.165) is 36.7 Å². The minimum atomic E-state index is 1.13. The highest BCUT2D eigenvalue weighted by molar-refractivity contribution is 6.00. The fourth-order valence-electron chi connectivity index (χ4n) is 3.78. The first-order valence-electron chi connectivity index (χ1n) is 8.11. The molecule has 0 radical (unpaired) electrons. The van der Waals surface area contributed by atoms with Crippen LogP contribution in [0.5, 0.6) is 0 Å². The summed E-state index contributed by atoms with van der Waals surface area (Å²) in [5.74, 6) is 0. The van der Waals surface area contributed by atoms with Crippen molar-refractivity contribution in [3.8, 4) is 0 Å². The average molecular weight is 283 g/mol. The lowest BCUT2D eigenvalue weighted by molar-refractivity contribution is 0.986. The molecule has 1 heterocycles. The highest BCUT2D eigenvalue weighted by Gasteiger charge is 2.14. The van der Waals surface area contributed by atoms with E-state index >= 15 is 0 Å². The Morgan fingerprint density at radius 3 is 1.77 bits per heavy atom. The standard InChI is InChI=1S/C21H17N/c1-3-7-18-14(5-1)9-11-16-13-17-12-10-15-6-2-4-8-19(15)21(17)22-20(16)18/h3-4,7-13H,1-2,5-6H2. The highest BCUT2D eigenvalue weighted by Crippen LogP contribution is 2.32. The second kappa shape index (κ2) is 4.54. The smallest absolute Gasteiger partial charge is 0.0784 e. The fraction of sp³-hybridized carbons (Fsp3) is 0.190. The molecule has 106 valence electrons. The van der Waals surface area contributed by atoms with Crippen LogP contribution in [-0.2, 0) is 12.8 Å². The summed E-state index contributed by atoms with van der Waals surface area (Å²) in [5.41, 5.74) is 7.83. The molecule has 0 saturated heterocycles. The van der Waals surface area contributed by atoms with E-state index in [2.05, 4.69) is 54.6 Å². The van der Waals surface area contributed by atoms with Crippen molar-refractivity contribution in [1.82, 2.24) is 4.98 Å². The summed E-state index contributed by atoms with van der Waals surface area (Å²) in [6, 6.07) is 11.3. The molecule has 1 aromatic heterocycles. The molecule has 0 N–H and O–H groups in total. The third-order valence-electron chi connectivity index (χ3n) is 4.94. The number of benzene rings is 2. The van der Waals surface area contributed by atoms with E-state index < -0.39 is 0 Å². The third kappa shape index (κ3) is 1.69. The minimum absolute atomic E-state index is 1.13. The van der Waals surface area contributed by atoms with Crippen molar-refractivity contribution in [3.63, 3.8) is 0 Å². The molecule has 0 spiro atoms. The van der Waals surface area contributed by atoms with Crippen LogP contribution in [0.15, 0.2) is 42.5 Å². The molecular formula is C21H17N. The molecular weight excluding hydrogens is 266 g/mol. The van der Waals surface area contributed by atoms with E-state index in [1.807, 2.05) is 0 Å². The molecule has 0 amide bonds. The van der Waals surface area contributed by atoms with Gasteiger partial charge in [-0.1, -0.05) is 48.6 Å². The van der Waals surface area contributed by atoms with Crippen LogP contribution < -0.4 is 0 Å². The predicted molar refractivity (Wildman–Crippen MR) is 94.0 cm³/mol. The van der Waals surface area contributed by atoms with Crippen molar-refractivity contribution in [2.24, 2.45) is 0 Å². The quantitative estimate of drug-likeness (QED) is 0.510. The van der Waals surface area contributed by atoms with Crippen LogP contribution in [0.3, 0.4) is 0 Å². The van der Waals surface area contributed by atoms with E-state index in [9.17, 15) is 0 Å². The van der Waals surface area contributed by atoms with Gasteiger partial charge in [0.25, 0.3) is 0 Å². The van der Waals surface area contributed by atoms with Gasteiger partial charge in [-0.05, 0) is 42.9 Å². The van der Waals surface area contributed by atoms with Gasteiger partial charge in [0.05, 0.1) is 11.0 Å². The van der Waals surface area contributed by atoms with Crippen LogP contribution in [-0.4, -0.2) is 4.98 Å². The molecule has 0 fully saturated rings. The lowest BCUT2D eigenvalue weighted by atomic mass is 9.92. The summed E-state index contributed by atoms with van der Waals surface area (Å²) in [5, 5.41) is 2.50. The molecule has 0 aliphatic heterocycles. The molecule has 0 atom stereocenters. The van der Waals surface area contributed by atoms with Gasteiger partial charge in [0.15, 0.2) is 0 Å². The Morgan fingerprint density at radius 1 is 0.682 bits per heavy atom. The van der Waals surface area contributed by atoms with Gasteiger partial charge in [-0.15, -0.1) is 0 Å². The molecule has 2 aliphatic rings. The Morgan fingerprint density at radius 2 is 1.23 bits per heavy atom. The SMILES string of the molecule is C1=Cc2c(ccc3cc4ccc5c(c4nc23)C=CCC5)CC1. The lowest BCUT2D eigenvalue weighted by Crippen LogP contribution is -1.99. The zero-order valence-electron chi connectivity index (χ0n) is 12.5. The van der Waals surface area contributed by atoms with Gasteiger partial charge in [0.2, 0.25) is 0 Å². The normalized spacial score (nSPS) is 16.0. The molecule has 2 aromatic carbocycles. The van der Waals surface area contributed by atoms with E-state index in [-0.39, 0.29) is 0 Å². The lowest BCUT2D eigenvalue weighted by Gasteiger charge is -2.16. The summed E-state index contributed by atoms with van der Waals surface area (Å²) < 4.78 is 0. The number of aryl methyl sites for hydroxylation is 2. The van der Waals surface area contributed by atoms with E-state index in [0.29, 0.717) is 0 Å². The molecule has 5 rings (SSSR count).